The van der Waals surface area contributed by atoms with E-state index < -0.39 is 6.36 Å². The Kier molecular flexibility index (Phi) is 6.02. The number of nitrogens with one attached hydrogen (secondary N) is 2. The Morgan fingerprint density at radius 2 is 1.94 bits per heavy atom. The molecule has 0 radical (unpaired) electrons. The number of hydrogen-bond donors (Lipinski definition) is 2. The lowest BCUT2D eigenvalue weighted by Crippen LogP contribution is -2.27. The summed E-state index contributed by atoms with van der Waals surface area (Å²) in [5.41, 5.74) is 5.72. The highest BCUT2D eigenvalue weighted by atomic mass is 19.4. The van der Waals surface area contributed by atoms with Gasteiger partial charge < -0.3 is 14.6 Å². The van der Waals surface area contributed by atoms with Gasteiger partial charge in [-0.05, 0) is 73.1 Å². The molecule has 9 heteroatoms. The molecule has 6 nitrogen and oxygen atoms in total. The minimum atomic E-state index is -4.73. The summed E-state index contributed by atoms with van der Waals surface area (Å²) in [5.74, 6) is 0.757. The number of allylic oxidation sites excluding steroid dienone is 1. The Bertz CT molecular complexity index is 1370. The number of nitrogens with zero attached hydrogens (tertiary/aromatic N) is 3. The van der Waals surface area contributed by atoms with Crippen LogP contribution in [0, 0.1) is 11.3 Å². The molecule has 4 aromatic rings. The highest BCUT2D eigenvalue weighted by Gasteiger charge is 2.32. The highest BCUT2D eigenvalue weighted by molar-refractivity contribution is 5.84. The summed E-state index contributed by atoms with van der Waals surface area (Å²) in [7, 11) is 0. The maximum atomic E-state index is 12.5. The maximum Gasteiger partial charge on any atom is 0.573 e. The fraction of sp³-hybridized carbons (Fsp3) is 0.333. The molecular formula is C27H28F3N5O. The molecule has 1 aliphatic carbocycles. The number of benzene rings is 2. The predicted octanol–water partition coefficient (Wildman–Crippen LogP) is 7.45. The lowest BCUT2D eigenvalue weighted by molar-refractivity contribution is -0.274. The van der Waals surface area contributed by atoms with Gasteiger partial charge in [0.25, 0.3) is 0 Å². The zero-order chi connectivity index (χ0) is 25.5. The first-order valence-corrected chi connectivity index (χ1v) is 11.8. The van der Waals surface area contributed by atoms with Gasteiger partial charge in [0.1, 0.15) is 5.75 Å². The first kappa shape index (κ1) is 24.0. The van der Waals surface area contributed by atoms with Crippen LogP contribution in [0.15, 0.2) is 66.9 Å². The number of fused-ring (bicyclic) bond motifs is 1. The molecule has 1 saturated carbocycles. The van der Waals surface area contributed by atoms with Crippen molar-refractivity contribution in [2.24, 2.45) is 11.3 Å². The van der Waals surface area contributed by atoms with Crippen molar-refractivity contribution in [1.29, 1.82) is 0 Å². The summed E-state index contributed by atoms with van der Waals surface area (Å²) in [6, 6.07) is 13.7. The molecule has 1 atom stereocenters. The van der Waals surface area contributed by atoms with Crippen molar-refractivity contribution >= 4 is 22.7 Å². The molecule has 0 saturated heterocycles. The second-order valence-electron chi connectivity index (χ2n) is 10.3. The Labute approximate surface area is 207 Å². The van der Waals surface area contributed by atoms with Crippen LogP contribution in [0.4, 0.5) is 24.8 Å². The van der Waals surface area contributed by atoms with Crippen molar-refractivity contribution in [3.8, 4) is 17.0 Å². The Morgan fingerprint density at radius 1 is 1.17 bits per heavy atom. The lowest BCUT2D eigenvalue weighted by atomic mass is 9.70. The molecule has 2 aromatic carbocycles. The standard InChI is InChI=1S/C27H28F3N5O/c1-17-12-18(15-26(2,3)14-17)16-35-24-9-4-19(22-10-11-31-34-22)13-23(24)33-25(35)32-20-5-7-21(8-6-20)36-27(28,29)30/h4-11,13,18H,1,12,14-16H2,2-3H3,(H,31,34)(H,32,33)/t18-/m1/s1. The van der Waals surface area contributed by atoms with E-state index in [0.29, 0.717) is 17.6 Å². The van der Waals surface area contributed by atoms with Gasteiger partial charge in [-0.2, -0.15) is 5.10 Å². The van der Waals surface area contributed by atoms with Crippen LogP contribution >= 0.6 is 0 Å². The second kappa shape index (κ2) is 9.04. The molecule has 0 spiro atoms. The highest BCUT2D eigenvalue weighted by Crippen LogP contribution is 2.42. The van der Waals surface area contributed by atoms with E-state index >= 15 is 0 Å². The van der Waals surface area contributed by atoms with E-state index in [2.05, 4.69) is 45.2 Å². The van der Waals surface area contributed by atoms with Gasteiger partial charge in [0.05, 0.1) is 16.7 Å². The van der Waals surface area contributed by atoms with Crippen LogP contribution in [0.2, 0.25) is 0 Å². The fourth-order valence-electron chi connectivity index (χ4n) is 5.33. The van der Waals surface area contributed by atoms with E-state index in [1.54, 1.807) is 18.3 Å². The number of imidazole rings is 1. The second-order valence-corrected chi connectivity index (χ2v) is 10.3. The maximum absolute atomic E-state index is 12.5. The van der Waals surface area contributed by atoms with Gasteiger partial charge in [-0.15, -0.1) is 13.2 Å². The number of H-pyrrole nitrogens is 1. The minimum absolute atomic E-state index is 0.187. The number of anilines is 2. The number of rotatable bonds is 6. The largest absolute Gasteiger partial charge is 0.573 e. The van der Waals surface area contributed by atoms with Gasteiger partial charge in [-0.3, -0.25) is 5.10 Å². The molecular weight excluding hydrogens is 467 g/mol. The number of hydrogen-bond acceptors (Lipinski definition) is 4. The molecule has 188 valence electrons. The monoisotopic (exact) mass is 495 g/mol. The van der Waals surface area contributed by atoms with Crippen LogP contribution in [0.25, 0.3) is 22.3 Å². The first-order chi connectivity index (χ1) is 17.0. The molecule has 2 heterocycles. The van der Waals surface area contributed by atoms with Gasteiger partial charge >= 0.3 is 6.36 Å². The summed E-state index contributed by atoms with van der Waals surface area (Å²) in [6.45, 7) is 9.57. The molecule has 0 unspecified atom stereocenters. The predicted molar refractivity (Wildman–Crippen MR) is 134 cm³/mol. The zero-order valence-corrected chi connectivity index (χ0v) is 20.2. The molecule has 0 aliphatic heterocycles. The van der Waals surface area contributed by atoms with Gasteiger partial charge in [-0.25, -0.2) is 4.98 Å². The van der Waals surface area contributed by atoms with E-state index in [9.17, 15) is 13.2 Å². The topological polar surface area (TPSA) is 67.8 Å². The lowest BCUT2D eigenvalue weighted by Gasteiger charge is -2.37. The fourth-order valence-corrected chi connectivity index (χ4v) is 5.33. The van der Waals surface area contributed by atoms with E-state index in [1.165, 1.54) is 17.7 Å². The Morgan fingerprint density at radius 3 is 2.61 bits per heavy atom. The van der Waals surface area contributed by atoms with Gasteiger partial charge in [0.15, 0.2) is 0 Å². The van der Waals surface area contributed by atoms with E-state index in [0.717, 1.165) is 48.1 Å². The number of halogens is 3. The summed E-state index contributed by atoms with van der Waals surface area (Å²) >= 11 is 0. The summed E-state index contributed by atoms with van der Waals surface area (Å²) in [4.78, 5) is 4.87. The summed E-state index contributed by atoms with van der Waals surface area (Å²) in [5, 5.41) is 10.3. The van der Waals surface area contributed by atoms with Crippen LogP contribution in [-0.2, 0) is 6.54 Å². The van der Waals surface area contributed by atoms with Gasteiger partial charge in [-0.1, -0.05) is 32.1 Å². The smallest absolute Gasteiger partial charge is 0.406 e. The quantitative estimate of drug-likeness (QED) is 0.273. The Balaban J connectivity index is 1.49. The molecule has 0 bridgehead atoms. The number of alkyl halides is 3. The van der Waals surface area contributed by atoms with Crippen LogP contribution < -0.4 is 10.1 Å². The average Bonchev–Trinajstić information content (AvgIpc) is 3.41. The molecule has 2 N–H and O–H groups in total. The van der Waals surface area contributed by atoms with Crippen molar-refractivity contribution in [2.45, 2.75) is 46.0 Å². The molecule has 1 fully saturated rings. The third kappa shape index (κ3) is 5.40. The minimum Gasteiger partial charge on any atom is -0.406 e. The van der Waals surface area contributed by atoms with E-state index in [-0.39, 0.29) is 11.2 Å². The first-order valence-electron chi connectivity index (χ1n) is 11.8. The molecule has 2 aromatic heterocycles. The van der Waals surface area contributed by atoms with Gasteiger partial charge in [0.2, 0.25) is 5.95 Å². The van der Waals surface area contributed by atoms with Crippen molar-refractivity contribution in [2.75, 3.05) is 5.32 Å². The Hall–Kier alpha value is -3.75. The SMILES string of the molecule is C=C1C[C@@H](Cn2c(Nc3ccc(OC(F)(F)F)cc3)nc3cc(-c4ccn[nH]4)ccc32)CC(C)(C)C1. The average molecular weight is 496 g/mol. The van der Waals surface area contributed by atoms with Crippen molar-refractivity contribution in [3.63, 3.8) is 0 Å². The zero-order valence-electron chi connectivity index (χ0n) is 20.2. The summed E-state index contributed by atoms with van der Waals surface area (Å²) in [6.07, 6.45) is 0.0281. The van der Waals surface area contributed by atoms with Crippen LogP contribution in [0.3, 0.4) is 0 Å². The van der Waals surface area contributed by atoms with Crippen LogP contribution in [0.5, 0.6) is 5.75 Å². The van der Waals surface area contributed by atoms with E-state index in [4.69, 9.17) is 4.98 Å². The molecule has 5 rings (SSSR count). The molecule has 1 aliphatic rings. The van der Waals surface area contributed by atoms with Gasteiger partial charge in [0, 0.05) is 24.0 Å². The van der Waals surface area contributed by atoms with Crippen molar-refractivity contribution < 1.29 is 17.9 Å². The van der Waals surface area contributed by atoms with E-state index in [1.807, 2.05) is 24.3 Å². The third-order valence-corrected chi connectivity index (χ3v) is 6.49. The normalized spacial score (nSPS) is 17.9. The number of aromatic amines is 1. The van der Waals surface area contributed by atoms with Crippen molar-refractivity contribution in [3.05, 3.63) is 66.9 Å². The molecule has 0 amide bonds. The van der Waals surface area contributed by atoms with Crippen molar-refractivity contribution in [1.82, 2.24) is 19.7 Å². The number of ether oxygens (including phenoxy) is 1. The van der Waals surface area contributed by atoms with Crippen LogP contribution in [0.1, 0.15) is 33.1 Å². The third-order valence-electron chi connectivity index (χ3n) is 6.49. The summed E-state index contributed by atoms with van der Waals surface area (Å²) < 4.78 is 43.8. The van der Waals surface area contributed by atoms with Crippen LogP contribution in [-0.4, -0.2) is 26.1 Å². The molecule has 36 heavy (non-hydrogen) atoms. The number of aromatic nitrogens is 4.